The van der Waals surface area contributed by atoms with E-state index in [1.165, 1.54) is 11.8 Å². The summed E-state index contributed by atoms with van der Waals surface area (Å²) in [4.78, 5) is 36.4. The zero-order chi connectivity index (χ0) is 23.1. The Hall–Kier alpha value is -3.00. The van der Waals surface area contributed by atoms with Gasteiger partial charge in [0.15, 0.2) is 0 Å². The van der Waals surface area contributed by atoms with Gasteiger partial charge in [-0.1, -0.05) is 55.5 Å². The van der Waals surface area contributed by atoms with Gasteiger partial charge in [0.25, 0.3) is 0 Å². The number of carboxylic acid groups (broad SMARTS) is 1. The molecule has 1 aliphatic rings. The Kier molecular flexibility index (Phi) is 8.16. The number of amides is 2. The summed E-state index contributed by atoms with van der Waals surface area (Å²) in [5.74, 6) is -1.10. The number of aliphatic carboxylic acids is 1. The van der Waals surface area contributed by atoms with Gasteiger partial charge in [0, 0.05) is 5.92 Å². The number of hydrogen-bond donors (Lipinski definition) is 3. The van der Waals surface area contributed by atoms with Gasteiger partial charge in [-0.15, -0.1) is 0 Å². The van der Waals surface area contributed by atoms with Crippen LogP contribution >= 0.6 is 11.8 Å². The van der Waals surface area contributed by atoms with E-state index in [4.69, 9.17) is 4.74 Å². The monoisotopic (exact) mass is 456 g/mol. The fourth-order valence-electron chi connectivity index (χ4n) is 3.90. The van der Waals surface area contributed by atoms with Gasteiger partial charge in [0.05, 0.1) is 0 Å². The Balaban J connectivity index is 1.60. The summed E-state index contributed by atoms with van der Waals surface area (Å²) in [5.41, 5.74) is 4.47. The third-order valence-corrected chi connectivity index (χ3v) is 6.23. The molecule has 0 radical (unpaired) electrons. The summed E-state index contributed by atoms with van der Waals surface area (Å²) in [5, 5.41) is 14.4. The average Bonchev–Trinajstić information content (AvgIpc) is 3.12. The molecule has 0 spiro atoms. The molecule has 0 saturated heterocycles. The molecule has 1 aliphatic carbocycles. The fraction of sp³-hybridized carbons (Fsp3) is 0.375. The number of carboxylic acids is 1. The third-order valence-electron chi connectivity index (χ3n) is 5.59. The van der Waals surface area contributed by atoms with Gasteiger partial charge in [-0.2, -0.15) is 11.8 Å². The number of thioether (sulfide) groups is 1. The largest absolute Gasteiger partial charge is 0.480 e. The minimum absolute atomic E-state index is 0.0787. The maximum Gasteiger partial charge on any atom is 0.407 e. The number of ether oxygens (including phenoxy) is 1. The quantitative estimate of drug-likeness (QED) is 0.504. The number of nitrogens with one attached hydrogen (secondary N) is 2. The van der Waals surface area contributed by atoms with Gasteiger partial charge in [-0.05, 0) is 47.1 Å². The second-order valence-electron chi connectivity index (χ2n) is 7.61. The van der Waals surface area contributed by atoms with Crippen LogP contribution in [0.25, 0.3) is 11.1 Å². The summed E-state index contributed by atoms with van der Waals surface area (Å²) in [6.45, 7) is 1.88. The smallest absolute Gasteiger partial charge is 0.407 e. The molecule has 0 bridgehead atoms. The second-order valence-corrected chi connectivity index (χ2v) is 8.60. The molecule has 0 saturated carbocycles. The molecular weight excluding hydrogens is 428 g/mol. The van der Waals surface area contributed by atoms with Gasteiger partial charge < -0.3 is 20.5 Å². The lowest BCUT2D eigenvalue weighted by Crippen LogP contribution is -2.51. The molecule has 2 aromatic carbocycles. The highest BCUT2D eigenvalue weighted by atomic mass is 32.2. The van der Waals surface area contributed by atoms with Crippen LogP contribution in [0.4, 0.5) is 4.79 Å². The van der Waals surface area contributed by atoms with Gasteiger partial charge in [0.1, 0.15) is 18.7 Å². The number of carbonyl (C=O) groups is 3. The molecule has 2 aromatic rings. The van der Waals surface area contributed by atoms with Crippen LogP contribution in [0, 0.1) is 0 Å². The maximum atomic E-state index is 12.5. The molecule has 1 unspecified atom stereocenters. The first kappa shape index (κ1) is 23.7. The molecule has 7 nitrogen and oxygen atoms in total. The van der Waals surface area contributed by atoms with E-state index in [0.717, 1.165) is 22.3 Å². The van der Waals surface area contributed by atoms with Crippen molar-refractivity contribution in [1.82, 2.24) is 10.6 Å². The van der Waals surface area contributed by atoms with Crippen molar-refractivity contribution in [3.8, 4) is 11.1 Å². The Bertz CT molecular complexity index is 935. The van der Waals surface area contributed by atoms with Crippen LogP contribution in [0.5, 0.6) is 0 Å². The average molecular weight is 457 g/mol. The predicted molar refractivity (Wildman–Crippen MR) is 125 cm³/mol. The van der Waals surface area contributed by atoms with Crippen LogP contribution in [0.3, 0.4) is 0 Å². The number of rotatable bonds is 10. The molecule has 170 valence electrons. The first-order chi connectivity index (χ1) is 15.5. The fourth-order valence-corrected chi connectivity index (χ4v) is 4.37. The van der Waals surface area contributed by atoms with Crippen molar-refractivity contribution in [2.45, 2.75) is 37.8 Å². The van der Waals surface area contributed by atoms with E-state index in [9.17, 15) is 19.5 Å². The van der Waals surface area contributed by atoms with E-state index < -0.39 is 30.1 Å². The molecule has 3 N–H and O–H groups in total. The normalized spacial score (nSPS) is 14.1. The van der Waals surface area contributed by atoms with E-state index in [2.05, 4.69) is 22.8 Å². The van der Waals surface area contributed by atoms with Crippen molar-refractivity contribution in [1.29, 1.82) is 0 Å². The SMILES string of the molecule is CC[C@H](NC(=O)OCC1c2ccccc2-c2ccccc21)C(=O)NC(CCSC)C(=O)O. The number of alkyl carbamates (subject to hydrolysis) is 1. The van der Waals surface area contributed by atoms with Gasteiger partial charge in [-0.25, -0.2) is 9.59 Å². The lowest BCUT2D eigenvalue weighted by molar-refractivity contribution is -0.142. The Morgan fingerprint density at radius 2 is 1.59 bits per heavy atom. The molecule has 32 heavy (non-hydrogen) atoms. The van der Waals surface area contributed by atoms with Crippen LogP contribution in [-0.2, 0) is 14.3 Å². The highest BCUT2D eigenvalue weighted by molar-refractivity contribution is 7.98. The van der Waals surface area contributed by atoms with Gasteiger partial charge in [-0.3, -0.25) is 4.79 Å². The van der Waals surface area contributed by atoms with Crippen LogP contribution < -0.4 is 10.6 Å². The van der Waals surface area contributed by atoms with Crippen LogP contribution in [0.2, 0.25) is 0 Å². The topological polar surface area (TPSA) is 105 Å². The summed E-state index contributed by atoms with van der Waals surface area (Å²) in [7, 11) is 0. The van der Waals surface area contributed by atoms with Crippen molar-refractivity contribution >= 4 is 29.7 Å². The molecule has 0 aromatic heterocycles. The third kappa shape index (κ3) is 5.43. The molecule has 2 atom stereocenters. The lowest BCUT2D eigenvalue weighted by Gasteiger charge is -2.21. The number of carbonyl (C=O) groups excluding carboxylic acids is 2. The molecular formula is C24H28N2O5S. The van der Waals surface area contributed by atoms with E-state index >= 15 is 0 Å². The van der Waals surface area contributed by atoms with Gasteiger partial charge in [0.2, 0.25) is 5.91 Å². The van der Waals surface area contributed by atoms with Crippen molar-refractivity contribution in [3.63, 3.8) is 0 Å². The Labute approximate surface area is 191 Å². The number of benzene rings is 2. The summed E-state index contributed by atoms with van der Waals surface area (Å²) >= 11 is 1.50. The molecule has 8 heteroatoms. The Morgan fingerprint density at radius 1 is 1.00 bits per heavy atom. The number of hydrogen-bond acceptors (Lipinski definition) is 5. The van der Waals surface area contributed by atoms with Crippen LogP contribution in [0.15, 0.2) is 48.5 Å². The highest BCUT2D eigenvalue weighted by Crippen LogP contribution is 2.44. The molecule has 0 heterocycles. The first-order valence-corrected chi connectivity index (χ1v) is 12.0. The van der Waals surface area contributed by atoms with Crippen molar-refractivity contribution in [2.24, 2.45) is 0 Å². The summed E-state index contributed by atoms with van der Waals surface area (Å²) in [6.07, 6.45) is 1.79. The first-order valence-electron chi connectivity index (χ1n) is 10.6. The lowest BCUT2D eigenvalue weighted by atomic mass is 9.98. The summed E-state index contributed by atoms with van der Waals surface area (Å²) < 4.78 is 5.49. The highest BCUT2D eigenvalue weighted by Gasteiger charge is 2.30. The van der Waals surface area contributed by atoms with Crippen LogP contribution in [-0.4, -0.2) is 53.8 Å². The van der Waals surface area contributed by atoms with Gasteiger partial charge >= 0.3 is 12.1 Å². The second kappa shape index (κ2) is 11.0. The van der Waals surface area contributed by atoms with E-state index in [-0.39, 0.29) is 12.5 Å². The van der Waals surface area contributed by atoms with Crippen molar-refractivity contribution < 1.29 is 24.2 Å². The maximum absolute atomic E-state index is 12.5. The minimum atomic E-state index is -1.09. The molecule has 0 fully saturated rings. The van der Waals surface area contributed by atoms with E-state index in [0.29, 0.717) is 18.6 Å². The van der Waals surface area contributed by atoms with E-state index in [1.807, 2.05) is 42.7 Å². The number of fused-ring (bicyclic) bond motifs is 3. The zero-order valence-corrected chi connectivity index (χ0v) is 19.0. The zero-order valence-electron chi connectivity index (χ0n) is 18.2. The van der Waals surface area contributed by atoms with E-state index in [1.54, 1.807) is 6.92 Å². The molecule has 3 rings (SSSR count). The standard InChI is InChI=1S/C24H28N2O5S/c1-3-20(22(27)25-21(23(28)29)12-13-32-2)26-24(30)31-14-19-17-10-6-4-8-15(17)16-9-5-7-11-18(16)19/h4-11,19-21H,3,12-14H2,1-2H3,(H,25,27)(H,26,30)(H,28,29)/t20-,21?/m0/s1. The van der Waals surface area contributed by atoms with Crippen molar-refractivity contribution in [3.05, 3.63) is 59.7 Å². The predicted octanol–water partition coefficient (Wildman–Crippen LogP) is 3.63. The summed E-state index contributed by atoms with van der Waals surface area (Å²) in [6, 6.07) is 14.2. The van der Waals surface area contributed by atoms with Crippen LogP contribution in [0.1, 0.15) is 36.8 Å². The minimum Gasteiger partial charge on any atom is -0.480 e. The molecule has 0 aliphatic heterocycles. The Morgan fingerprint density at radius 3 is 2.12 bits per heavy atom. The molecule has 2 amide bonds. The van der Waals surface area contributed by atoms with Crippen molar-refractivity contribution in [2.75, 3.05) is 18.6 Å².